The highest BCUT2D eigenvalue weighted by atomic mass is 16.5. The number of carbonyl (C=O) groups excluding carboxylic acids is 2. The van der Waals surface area contributed by atoms with Crippen LogP contribution in [0, 0.1) is 6.92 Å². The first-order valence-corrected chi connectivity index (χ1v) is 7.83. The van der Waals surface area contributed by atoms with Gasteiger partial charge in [0.2, 0.25) is 5.91 Å². The Morgan fingerprint density at radius 1 is 1.00 bits per heavy atom. The Bertz CT molecular complexity index is 696. The van der Waals surface area contributed by atoms with E-state index in [9.17, 15) is 9.59 Å². The second kappa shape index (κ2) is 8.72. The van der Waals surface area contributed by atoms with Crippen LogP contribution in [-0.4, -0.2) is 32.0 Å². The molecule has 0 aliphatic rings. The minimum Gasteiger partial charge on any atom is -0.496 e. The van der Waals surface area contributed by atoms with E-state index in [0.717, 1.165) is 16.9 Å². The zero-order valence-corrected chi connectivity index (χ0v) is 14.0. The molecule has 0 heterocycles. The largest absolute Gasteiger partial charge is 0.496 e. The van der Waals surface area contributed by atoms with E-state index in [1.54, 1.807) is 19.2 Å². The van der Waals surface area contributed by atoms with E-state index >= 15 is 0 Å². The second-order valence-electron chi connectivity index (χ2n) is 5.46. The summed E-state index contributed by atoms with van der Waals surface area (Å²) in [6.07, 6.45) is 0.668. The fourth-order valence-electron chi connectivity index (χ4n) is 2.28. The van der Waals surface area contributed by atoms with Gasteiger partial charge in [0, 0.05) is 12.1 Å². The van der Waals surface area contributed by atoms with Crippen LogP contribution in [0.1, 0.15) is 21.5 Å². The SMILES string of the molecule is COc1ccccc1CCNC(=O)CNC(=O)c1ccc(C)cc1. The van der Waals surface area contributed by atoms with Gasteiger partial charge in [0.05, 0.1) is 13.7 Å². The summed E-state index contributed by atoms with van der Waals surface area (Å²) in [5.74, 6) is 0.333. The summed E-state index contributed by atoms with van der Waals surface area (Å²) in [7, 11) is 1.62. The third kappa shape index (κ3) is 5.12. The number of ether oxygens (including phenoxy) is 1. The molecule has 126 valence electrons. The lowest BCUT2D eigenvalue weighted by Crippen LogP contribution is -2.37. The number of carbonyl (C=O) groups is 2. The maximum Gasteiger partial charge on any atom is 0.251 e. The predicted molar refractivity (Wildman–Crippen MR) is 93.2 cm³/mol. The van der Waals surface area contributed by atoms with Crippen LogP contribution in [0.4, 0.5) is 0 Å². The predicted octanol–water partition coefficient (Wildman–Crippen LogP) is 2.09. The van der Waals surface area contributed by atoms with Crippen molar-refractivity contribution >= 4 is 11.8 Å². The Hall–Kier alpha value is -2.82. The van der Waals surface area contributed by atoms with Gasteiger partial charge in [-0.1, -0.05) is 35.9 Å². The van der Waals surface area contributed by atoms with Gasteiger partial charge in [-0.15, -0.1) is 0 Å². The second-order valence-corrected chi connectivity index (χ2v) is 5.46. The van der Waals surface area contributed by atoms with Crippen LogP contribution in [0.5, 0.6) is 5.75 Å². The van der Waals surface area contributed by atoms with Crippen LogP contribution in [0.25, 0.3) is 0 Å². The van der Waals surface area contributed by atoms with Gasteiger partial charge in [0.1, 0.15) is 5.75 Å². The Morgan fingerprint density at radius 2 is 1.71 bits per heavy atom. The summed E-state index contributed by atoms with van der Waals surface area (Å²) in [5.41, 5.74) is 2.66. The molecule has 0 radical (unpaired) electrons. The topological polar surface area (TPSA) is 67.4 Å². The lowest BCUT2D eigenvalue weighted by molar-refractivity contribution is -0.120. The molecule has 0 aromatic heterocycles. The number of hydrogen-bond acceptors (Lipinski definition) is 3. The first-order valence-electron chi connectivity index (χ1n) is 7.83. The fraction of sp³-hybridized carbons (Fsp3) is 0.263. The summed E-state index contributed by atoms with van der Waals surface area (Å²) in [5, 5.41) is 5.40. The van der Waals surface area contributed by atoms with E-state index < -0.39 is 0 Å². The van der Waals surface area contributed by atoms with Gasteiger partial charge in [0.25, 0.3) is 5.91 Å². The van der Waals surface area contributed by atoms with Crippen LogP contribution in [0.3, 0.4) is 0 Å². The molecule has 0 saturated carbocycles. The van der Waals surface area contributed by atoms with Crippen molar-refractivity contribution < 1.29 is 14.3 Å². The van der Waals surface area contributed by atoms with Crippen LogP contribution < -0.4 is 15.4 Å². The van der Waals surface area contributed by atoms with Crippen LogP contribution >= 0.6 is 0 Å². The van der Waals surface area contributed by atoms with Gasteiger partial charge < -0.3 is 15.4 Å². The van der Waals surface area contributed by atoms with Crippen molar-refractivity contribution in [3.63, 3.8) is 0 Å². The molecule has 0 unspecified atom stereocenters. The summed E-state index contributed by atoms with van der Waals surface area (Å²) < 4.78 is 5.27. The zero-order chi connectivity index (χ0) is 17.4. The molecule has 2 aromatic carbocycles. The molecule has 0 fully saturated rings. The number of hydrogen-bond donors (Lipinski definition) is 2. The third-order valence-electron chi connectivity index (χ3n) is 3.63. The molecule has 0 atom stereocenters. The molecule has 2 rings (SSSR count). The molecule has 0 aliphatic carbocycles. The average Bonchev–Trinajstić information content (AvgIpc) is 2.60. The maximum atomic E-state index is 11.9. The molecule has 2 aromatic rings. The van der Waals surface area contributed by atoms with Crippen LogP contribution in [0.2, 0.25) is 0 Å². The minimum absolute atomic E-state index is 0.0430. The molecule has 2 N–H and O–H groups in total. The number of methoxy groups -OCH3 is 1. The third-order valence-corrected chi connectivity index (χ3v) is 3.63. The highest BCUT2D eigenvalue weighted by Crippen LogP contribution is 2.17. The molecule has 0 saturated heterocycles. The first-order chi connectivity index (χ1) is 11.6. The van der Waals surface area contributed by atoms with Crippen LogP contribution in [0.15, 0.2) is 48.5 Å². The number of nitrogens with one attached hydrogen (secondary N) is 2. The summed E-state index contributed by atoms with van der Waals surface area (Å²) in [6.45, 7) is 2.40. The summed E-state index contributed by atoms with van der Waals surface area (Å²) >= 11 is 0. The van der Waals surface area contributed by atoms with Crippen molar-refractivity contribution in [3.05, 3.63) is 65.2 Å². The van der Waals surface area contributed by atoms with E-state index in [1.807, 2.05) is 43.3 Å². The molecule has 5 heteroatoms. The molecule has 0 spiro atoms. The normalized spacial score (nSPS) is 10.1. The zero-order valence-electron chi connectivity index (χ0n) is 14.0. The Morgan fingerprint density at radius 3 is 2.42 bits per heavy atom. The fourth-order valence-corrected chi connectivity index (χ4v) is 2.28. The van der Waals surface area contributed by atoms with Gasteiger partial charge in [-0.2, -0.15) is 0 Å². The van der Waals surface area contributed by atoms with E-state index in [4.69, 9.17) is 4.74 Å². The molecule has 24 heavy (non-hydrogen) atoms. The van der Waals surface area contributed by atoms with Crippen molar-refractivity contribution in [1.82, 2.24) is 10.6 Å². The lowest BCUT2D eigenvalue weighted by Gasteiger charge is -2.09. The highest BCUT2D eigenvalue weighted by molar-refractivity contribution is 5.96. The molecule has 0 aliphatic heterocycles. The standard InChI is InChI=1S/C19H22N2O3/c1-14-7-9-16(10-8-14)19(23)21-13-18(22)20-12-11-15-5-3-4-6-17(15)24-2/h3-10H,11-13H2,1-2H3,(H,20,22)(H,21,23). The Kier molecular flexibility index (Phi) is 6.37. The smallest absolute Gasteiger partial charge is 0.251 e. The van der Waals surface area contributed by atoms with Crippen molar-refractivity contribution in [2.45, 2.75) is 13.3 Å². The summed E-state index contributed by atoms with van der Waals surface area (Å²) in [4.78, 5) is 23.8. The van der Waals surface area contributed by atoms with Gasteiger partial charge in [-0.25, -0.2) is 0 Å². The monoisotopic (exact) mass is 326 g/mol. The number of rotatable bonds is 7. The number of benzene rings is 2. The molecule has 0 bridgehead atoms. The van der Waals surface area contributed by atoms with Crippen molar-refractivity contribution in [1.29, 1.82) is 0 Å². The first kappa shape index (κ1) is 17.5. The van der Waals surface area contributed by atoms with Gasteiger partial charge in [0.15, 0.2) is 0 Å². The van der Waals surface area contributed by atoms with Gasteiger partial charge in [-0.05, 0) is 37.1 Å². The highest BCUT2D eigenvalue weighted by Gasteiger charge is 2.08. The molecule has 5 nitrogen and oxygen atoms in total. The van der Waals surface area contributed by atoms with Crippen molar-refractivity contribution in [3.8, 4) is 5.75 Å². The van der Waals surface area contributed by atoms with E-state index in [-0.39, 0.29) is 18.4 Å². The number of para-hydroxylation sites is 1. The van der Waals surface area contributed by atoms with Gasteiger partial charge >= 0.3 is 0 Å². The number of amides is 2. The molecule has 2 amide bonds. The molecular formula is C19H22N2O3. The Labute approximate surface area is 142 Å². The quantitative estimate of drug-likeness (QED) is 0.819. The average molecular weight is 326 g/mol. The van der Waals surface area contributed by atoms with Crippen molar-refractivity contribution in [2.24, 2.45) is 0 Å². The Balaban J connectivity index is 1.73. The van der Waals surface area contributed by atoms with Crippen molar-refractivity contribution in [2.75, 3.05) is 20.2 Å². The van der Waals surface area contributed by atoms with E-state index in [1.165, 1.54) is 0 Å². The molecular weight excluding hydrogens is 304 g/mol. The van der Waals surface area contributed by atoms with Crippen LogP contribution in [-0.2, 0) is 11.2 Å². The maximum absolute atomic E-state index is 11.9. The van der Waals surface area contributed by atoms with E-state index in [2.05, 4.69) is 10.6 Å². The van der Waals surface area contributed by atoms with Gasteiger partial charge in [-0.3, -0.25) is 9.59 Å². The lowest BCUT2D eigenvalue weighted by atomic mass is 10.1. The number of aryl methyl sites for hydroxylation is 1. The minimum atomic E-state index is -0.255. The van der Waals surface area contributed by atoms with E-state index in [0.29, 0.717) is 18.5 Å². The summed E-state index contributed by atoms with van der Waals surface area (Å²) in [6, 6.07) is 14.9.